The largest absolute Gasteiger partial charge is 0.494 e. The molecule has 0 spiro atoms. The lowest BCUT2D eigenvalue weighted by Gasteiger charge is -2.12. The van der Waals surface area contributed by atoms with Crippen LogP contribution in [0.5, 0.6) is 5.75 Å². The molecule has 0 heterocycles. The molecular formula is C20H25ClN2O5S. The SMILES string of the molecule is CCOCCCNC(=O)c1cc(S(=O)(=O)Nc2ccc(OCC)cc2)ccc1Cl. The lowest BCUT2D eigenvalue weighted by atomic mass is 10.2. The van der Waals surface area contributed by atoms with E-state index in [2.05, 4.69) is 10.0 Å². The minimum absolute atomic E-state index is 0.0600. The molecule has 2 aromatic rings. The van der Waals surface area contributed by atoms with Crippen molar-refractivity contribution in [2.75, 3.05) is 31.1 Å². The van der Waals surface area contributed by atoms with E-state index in [0.29, 0.717) is 44.2 Å². The second kappa shape index (κ2) is 11.0. The lowest BCUT2D eigenvalue weighted by molar-refractivity contribution is 0.0944. The summed E-state index contributed by atoms with van der Waals surface area (Å²) in [6, 6.07) is 10.6. The highest BCUT2D eigenvalue weighted by molar-refractivity contribution is 7.92. The van der Waals surface area contributed by atoms with E-state index in [1.54, 1.807) is 24.3 Å². The average molecular weight is 441 g/mol. The number of carbonyl (C=O) groups is 1. The Morgan fingerprint density at radius 3 is 2.45 bits per heavy atom. The fourth-order valence-electron chi connectivity index (χ4n) is 2.46. The first-order valence-electron chi connectivity index (χ1n) is 9.28. The number of hydrogen-bond donors (Lipinski definition) is 2. The van der Waals surface area contributed by atoms with E-state index in [1.807, 2.05) is 13.8 Å². The molecule has 0 aliphatic carbocycles. The van der Waals surface area contributed by atoms with E-state index in [-0.39, 0.29) is 15.5 Å². The maximum absolute atomic E-state index is 12.7. The number of benzene rings is 2. The minimum atomic E-state index is -3.89. The van der Waals surface area contributed by atoms with Crippen LogP contribution in [-0.4, -0.2) is 40.7 Å². The van der Waals surface area contributed by atoms with Gasteiger partial charge in [-0.3, -0.25) is 9.52 Å². The van der Waals surface area contributed by atoms with Crippen LogP contribution in [0, 0.1) is 0 Å². The van der Waals surface area contributed by atoms with Crippen LogP contribution in [0.2, 0.25) is 5.02 Å². The third kappa shape index (κ3) is 6.92. The van der Waals surface area contributed by atoms with Gasteiger partial charge in [-0.1, -0.05) is 11.6 Å². The predicted octanol–water partition coefficient (Wildman–Crippen LogP) is 3.70. The van der Waals surface area contributed by atoms with Crippen LogP contribution in [0.15, 0.2) is 47.4 Å². The Morgan fingerprint density at radius 1 is 1.07 bits per heavy atom. The van der Waals surface area contributed by atoms with Gasteiger partial charge >= 0.3 is 0 Å². The van der Waals surface area contributed by atoms with Gasteiger partial charge in [-0.05, 0) is 62.7 Å². The molecule has 0 radical (unpaired) electrons. The van der Waals surface area contributed by atoms with E-state index in [1.165, 1.54) is 18.2 Å². The van der Waals surface area contributed by atoms with Crippen molar-refractivity contribution < 1.29 is 22.7 Å². The summed E-state index contributed by atoms with van der Waals surface area (Å²) < 4.78 is 38.4. The molecule has 9 heteroatoms. The van der Waals surface area contributed by atoms with Gasteiger partial charge in [0, 0.05) is 25.4 Å². The van der Waals surface area contributed by atoms with Gasteiger partial charge in [0.05, 0.1) is 22.1 Å². The molecule has 0 aliphatic rings. The van der Waals surface area contributed by atoms with Crippen LogP contribution >= 0.6 is 11.6 Å². The minimum Gasteiger partial charge on any atom is -0.494 e. The number of anilines is 1. The summed E-state index contributed by atoms with van der Waals surface area (Å²) in [7, 11) is -3.89. The number of rotatable bonds is 11. The van der Waals surface area contributed by atoms with Crippen LogP contribution < -0.4 is 14.8 Å². The fraction of sp³-hybridized carbons (Fsp3) is 0.350. The van der Waals surface area contributed by atoms with E-state index in [0.717, 1.165) is 0 Å². The highest BCUT2D eigenvalue weighted by Gasteiger charge is 2.19. The molecule has 7 nitrogen and oxygen atoms in total. The van der Waals surface area contributed by atoms with Crippen LogP contribution in [-0.2, 0) is 14.8 Å². The summed E-state index contributed by atoms with van der Waals surface area (Å²) >= 11 is 6.10. The number of nitrogens with one attached hydrogen (secondary N) is 2. The normalized spacial score (nSPS) is 11.1. The Morgan fingerprint density at radius 2 is 1.79 bits per heavy atom. The first-order chi connectivity index (χ1) is 13.9. The molecule has 2 rings (SSSR count). The third-order valence-corrected chi connectivity index (χ3v) is 5.57. The zero-order valence-corrected chi connectivity index (χ0v) is 18.0. The summed E-state index contributed by atoms with van der Waals surface area (Å²) in [6.45, 7) is 5.82. The van der Waals surface area contributed by atoms with Gasteiger partial charge in [0.2, 0.25) is 0 Å². The predicted molar refractivity (Wildman–Crippen MR) is 113 cm³/mol. The van der Waals surface area contributed by atoms with Gasteiger partial charge in [0.1, 0.15) is 5.75 Å². The van der Waals surface area contributed by atoms with Crippen LogP contribution in [0.4, 0.5) is 5.69 Å². The molecule has 158 valence electrons. The average Bonchev–Trinajstić information content (AvgIpc) is 2.69. The molecule has 2 N–H and O–H groups in total. The fourth-order valence-corrected chi connectivity index (χ4v) is 3.75. The van der Waals surface area contributed by atoms with E-state index >= 15 is 0 Å². The molecule has 2 aromatic carbocycles. The second-order valence-corrected chi connectivity index (χ2v) is 8.10. The molecule has 0 saturated carbocycles. The molecule has 0 unspecified atom stereocenters. The van der Waals surface area contributed by atoms with E-state index in [4.69, 9.17) is 21.1 Å². The highest BCUT2D eigenvalue weighted by atomic mass is 35.5. The van der Waals surface area contributed by atoms with E-state index < -0.39 is 15.9 Å². The van der Waals surface area contributed by atoms with Crippen molar-refractivity contribution in [2.24, 2.45) is 0 Å². The van der Waals surface area contributed by atoms with Gasteiger partial charge in [-0.15, -0.1) is 0 Å². The standard InChI is InChI=1S/C20H25ClN2O5S/c1-3-27-13-5-12-22-20(24)18-14-17(10-11-19(18)21)29(25,26)23-15-6-8-16(9-7-15)28-4-2/h6-11,14,23H,3-5,12-13H2,1-2H3,(H,22,24). The quantitative estimate of drug-likeness (QED) is 0.519. The molecule has 0 bridgehead atoms. The van der Waals surface area contributed by atoms with Crippen molar-refractivity contribution >= 4 is 33.2 Å². The lowest BCUT2D eigenvalue weighted by Crippen LogP contribution is -2.26. The number of halogens is 1. The summed E-state index contributed by atoms with van der Waals surface area (Å²) in [5.41, 5.74) is 0.475. The Kier molecular flexibility index (Phi) is 8.75. The van der Waals surface area contributed by atoms with Gasteiger partial charge < -0.3 is 14.8 Å². The van der Waals surface area contributed by atoms with Crippen molar-refractivity contribution in [1.82, 2.24) is 5.32 Å². The van der Waals surface area contributed by atoms with Crippen molar-refractivity contribution in [3.63, 3.8) is 0 Å². The molecular weight excluding hydrogens is 416 g/mol. The van der Waals surface area contributed by atoms with Crippen LogP contribution in [0.3, 0.4) is 0 Å². The number of hydrogen-bond acceptors (Lipinski definition) is 5. The number of ether oxygens (including phenoxy) is 2. The monoisotopic (exact) mass is 440 g/mol. The zero-order chi connectivity index (χ0) is 21.3. The van der Waals surface area contributed by atoms with Crippen molar-refractivity contribution in [3.8, 4) is 5.75 Å². The first kappa shape index (κ1) is 23.0. The maximum Gasteiger partial charge on any atom is 0.261 e. The maximum atomic E-state index is 12.7. The Hall–Kier alpha value is -2.29. The topological polar surface area (TPSA) is 93.7 Å². The van der Waals surface area contributed by atoms with Gasteiger partial charge in [0.25, 0.3) is 15.9 Å². The molecule has 0 saturated heterocycles. The third-order valence-electron chi connectivity index (χ3n) is 3.87. The number of amides is 1. The number of sulfonamides is 1. The summed E-state index contributed by atoms with van der Waals surface area (Å²) in [4.78, 5) is 12.3. The second-order valence-electron chi connectivity index (χ2n) is 6.01. The first-order valence-corrected chi connectivity index (χ1v) is 11.1. The Bertz CT molecular complexity index is 917. The zero-order valence-electron chi connectivity index (χ0n) is 16.4. The van der Waals surface area contributed by atoms with Crippen molar-refractivity contribution in [2.45, 2.75) is 25.2 Å². The van der Waals surface area contributed by atoms with Gasteiger partial charge in [0.15, 0.2) is 0 Å². The smallest absolute Gasteiger partial charge is 0.261 e. The van der Waals surface area contributed by atoms with Crippen LogP contribution in [0.1, 0.15) is 30.6 Å². The van der Waals surface area contributed by atoms with Gasteiger partial charge in [-0.2, -0.15) is 0 Å². The van der Waals surface area contributed by atoms with Gasteiger partial charge in [-0.25, -0.2) is 8.42 Å². The summed E-state index contributed by atoms with van der Waals surface area (Å²) in [6.07, 6.45) is 0.647. The molecule has 0 aliphatic heterocycles. The summed E-state index contributed by atoms with van der Waals surface area (Å²) in [5, 5.41) is 2.89. The molecule has 0 fully saturated rings. The molecule has 0 aromatic heterocycles. The highest BCUT2D eigenvalue weighted by Crippen LogP contribution is 2.23. The Labute approximate surface area is 176 Å². The molecule has 29 heavy (non-hydrogen) atoms. The molecule has 1 amide bonds. The van der Waals surface area contributed by atoms with Crippen molar-refractivity contribution in [3.05, 3.63) is 53.1 Å². The summed E-state index contributed by atoms with van der Waals surface area (Å²) in [5.74, 6) is 0.204. The molecule has 0 atom stereocenters. The van der Waals surface area contributed by atoms with E-state index in [9.17, 15) is 13.2 Å². The Balaban J connectivity index is 2.10. The van der Waals surface area contributed by atoms with Crippen LogP contribution in [0.25, 0.3) is 0 Å². The van der Waals surface area contributed by atoms with Crippen molar-refractivity contribution in [1.29, 1.82) is 0 Å². The number of carbonyl (C=O) groups excluding carboxylic acids is 1.